The Morgan fingerprint density at radius 2 is 1.88 bits per heavy atom. The predicted octanol–water partition coefficient (Wildman–Crippen LogP) is -3.80. The van der Waals surface area contributed by atoms with Crippen molar-refractivity contribution in [2.75, 3.05) is 6.61 Å². The molecule has 0 aromatic carbocycles. The van der Waals surface area contributed by atoms with Crippen molar-refractivity contribution in [1.82, 2.24) is 0 Å². The van der Waals surface area contributed by atoms with Gasteiger partial charge in [0.05, 0.1) is 0 Å². The number of aliphatic hydroxyl groups excluding tert-OH is 2. The van der Waals surface area contributed by atoms with Crippen molar-refractivity contribution in [2.45, 2.75) is 24.9 Å². The van der Waals surface area contributed by atoms with E-state index >= 15 is 0 Å². The molecule has 102 valence electrons. The summed E-state index contributed by atoms with van der Waals surface area (Å²) in [5, 5.41) is 18.0. The van der Waals surface area contributed by atoms with Gasteiger partial charge in [0.2, 0.25) is 0 Å². The molecule has 0 spiro atoms. The van der Waals surface area contributed by atoms with Crippen LogP contribution >= 0.6 is 0 Å². The number of hydrogen-bond acceptors (Lipinski definition) is 7. The molecule has 0 aliphatic carbocycles. The van der Waals surface area contributed by atoms with Crippen molar-refractivity contribution >= 4 is 29.0 Å². The van der Waals surface area contributed by atoms with E-state index in [9.17, 15) is 12.6 Å². The molecule has 0 radical (unpaired) electrons. The van der Waals surface area contributed by atoms with Crippen molar-refractivity contribution in [1.29, 1.82) is 0 Å². The molecule has 10 nitrogen and oxygen atoms in total. The minimum absolute atomic E-state index is 0.214. The summed E-state index contributed by atoms with van der Waals surface area (Å²) >= 11 is -11.4. The Balaban J connectivity index is 2.55. The molecule has 0 bridgehead atoms. The fraction of sp³-hybridized carbons (Fsp3) is 1.00. The Hall–Kier alpha value is 0.397. The van der Waals surface area contributed by atoms with Gasteiger partial charge in [-0.05, 0) is 0 Å². The summed E-state index contributed by atoms with van der Waals surface area (Å²) in [4.78, 5) is 0. The number of ether oxygens (including phenoxy) is 1. The van der Waals surface area contributed by atoms with E-state index in [2.05, 4.69) is 6.44 Å². The predicted molar refractivity (Wildman–Crippen MR) is 48.1 cm³/mol. The van der Waals surface area contributed by atoms with E-state index in [0.717, 1.165) is 0 Å². The third kappa shape index (κ3) is 5.27. The van der Waals surface area contributed by atoms with Crippen LogP contribution in [0.25, 0.3) is 0 Å². The molecule has 1 aliphatic heterocycles. The van der Waals surface area contributed by atoms with Gasteiger partial charge in [-0.3, -0.25) is 0 Å². The third-order valence-electron chi connectivity index (χ3n) is 1.83. The third-order valence-corrected chi connectivity index (χ3v) is 8.33. The van der Waals surface area contributed by atoms with Crippen molar-refractivity contribution < 1.29 is 41.2 Å². The van der Waals surface area contributed by atoms with Gasteiger partial charge in [0.15, 0.2) is 0 Å². The Labute approximate surface area is 102 Å². The first-order valence-electron chi connectivity index (χ1n) is 4.35. The van der Waals surface area contributed by atoms with E-state index in [0.29, 0.717) is 0 Å². The molecule has 4 atom stereocenters. The monoisotopic (exact) mass is 382 g/mol. The Morgan fingerprint density at radius 3 is 2.29 bits per heavy atom. The van der Waals surface area contributed by atoms with Gasteiger partial charge >= 0.3 is 102 Å². The van der Waals surface area contributed by atoms with E-state index in [1.165, 1.54) is 0 Å². The molecule has 5 N–H and O–H groups in total. The molecule has 2 unspecified atom stereocenters. The van der Waals surface area contributed by atoms with Crippen LogP contribution in [0.1, 0.15) is 6.42 Å². The second kappa shape index (κ2) is 5.58. The van der Waals surface area contributed by atoms with Crippen LogP contribution in [0.4, 0.5) is 0 Å². The van der Waals surface area contributed by atoms with Crippen LogP contribution in [-0.4, -0.2) is 76.6 Å². The van der Waals surface area contributed by atoms with Gasteiger partial charge in [-0.25, -0.2) is 0 Å². The van der Waals surface area contributed by atoms with Gasteiger partial charge in [0.1, 0.15) is 0 Å². The van der Waals surface area contributed by atoms with Crippen LogP contribution < -0.4 is 0 Å². The fourth-order valence-corrected chi connectivity index (χ4v) is 6.13. The molecular weight excluding hydrogens is 370 g/mol. The maximum atomic E-state index is 11.2. The average molecular weight is 382 g/mol. The number of rotatable bonds is 5. The van der Waals surface area contributed by atoms with Gasteiger partial charge in [0.25, 0.3) is 0 Å². The first kappa shape index (κ1) is 15.5. The second-order valence-electron chi connectivity index (χ2n) is 3.24. The standard InChI is InChI=1S/C5H12As2O10/c8-2-4-3(9)1-5(15-4)16-7(13,14)17-6(10,11)12/h3-5,8-9H,1-2H2,(H,13,14)(H2,10,11,12)/t3-,4+,5?/m0/s1. The van der Waals surface area contributed by atoms with E-state index in [-0.39, 0.29) is 6.42 Å². The molecule has 0 aromatic heterocycles. The van der Waals surface area contributed by atoms with Crippen molar-refractivity contribution in [2.24, 2.45) is 0 Å². The quantitative estimate of drug-likeness (QED) is 0.298. The SMILES string of the molecule is O=[As](O)(O)O[As](=O)(O)OC1C[C@H](O)[C@@H](CO)O1. The van der Waals surface area contributed by atoms with E-state index in [1.54, 1.807) is 0 Å². The van der Waals surface area contributed by atoms with Gasteiger partial charge in [-0.15, -0.1) is 0 Å². The molecule has 0 saturated carbocycles. The number of hydrogen-bond donors (Lipinski definition) is 5. The van der Waals surface area contributed by atoms with Crippen molar-refractivity contribution in [3.63, 3.8) is 0 Å². The van der Waals surface area contributed by atoms with E-state index < -0.39 is 54.1 Å². The Morgan fingerprint density at radius 1 is 1.29 bits per heavy atom. The summed E-state index contributed by atoms with van der Waals surface area (Å²) in [5.41, 5.74) is 0. The molecule has 17 heavy (non-hydrogen) atoms. The zero-order valence-corrected chi connectivity index (χ0v) is 12.1. The van der Waals surface area contributed by atoms with E-state index in [4.69, 9.17) is 22.1 Å². The minimum atomic E-state index is -5.76. The van der Waals surface area contributed by atoms with Gasteiger partial charge in [-0.1, -0.05) is 0 Å². The summed E-state index contributed by atoms with van der Waals surface area (Å²) in [7, 11) is 0. The zero-order valence-electron chi connectivity index (χ0n) is 8.32. The first-order chi connectivity index (χ1) is 7.63. The normalized spacial score (nSPS) is 33.6. The fourth-order valence-electron chi connectivity index (χ4n) is 1.22. The first-order valence-corrected chi connectivity index (χ1v) is 10.7. The summed E-state index contributed by atoms with van der Waals surface area (Å²) < 4.78 is 60.2. The van der Waals surface area contributed by atoms with Crippen LogP contribution in [-0.2, 0) is 18.7 Å². The van der Waals surface area contributed by atoms with Gasteiger partial charge in [0, 0.05) is 0 Å². The molecule has 0 amide bonds. The van der Waals surface area contributed by atoms with Gasteiger partial charge in [-0.2, -0.15) is 0 Å². The van der Waals surface area contributed by atoms with Crippen LogP contribution in [0.3, 0.4) is 0 Å². The van der Waals surface area contributed by atoms with E-state index in [1.807, 2.05) is 0 Å². The Kier molecular flexibility index (Phi) is 5.07. The van der Waals surface area contributed by atoms with Crippen LogP contribution in [0.15, 0.2) is 0 Å². The van der Waals surface area contributed by atoms with Crippen molar-refractivity contribution in [3.05, 3.63) is 0 Å². The van der Waals surface area contributed by atoms with Crippen LogP contribution in [0.5, 0.6) is 0 Å². The molecule has 1 aliphatic rings. The Bertz CT molecular complexity index is 351. The maximum absolute atomic E-state index is 11.2. The molecule has 12 heteroatoms. The van der Waals surface area contributed by atoms with Gasteiger partial charge < -0.3 is 0 Å². The van der Waals surface area contributed by atoms with Crippen LogP contribution in [0, 0.1) is 0 Å². The molecule has 1 rings (SSSR count). The summed E-state index contributed by atoms with van der Waals surface area (Å²) in [6.07, 6.45) is -3.65. The number of aliphatic hydroxyl groups is 2. The second-order valence-corrected chi connectivity index (χ2v) is 9.83. The van der Waals surface area contributed by atoms with Crippen LogP contribution in [0.2, 0.25) is 0 Å². The molecule has 1 fully saturated rings. The summed E-state index contributed by atoms with van der Waals surface area (Å²) in [6, 6.07) is 0. The summed E-state index contributed by atoms with van der Waals surface area (Å²) in [6.45, 7) is -0.521. The summed E-state index contributed by atoms with van der Waals surface area (Å²) in [5.74, 6) is 0. The molecule has 1 saturated heterocycles. The molecular formula is C5H12As2O10. The average Bonchev–Trinajstić information content (AvgIpc) is 2.40. The topological polar surface area (TPSA) is 163 Å². The zero-order chi connectivity index (χ0) is 13.3. The molecule has 1 heterocycles. The molecule has 0 aromatic rings. The van der Waals surface area contributed by atoms with Crippen molar-refractivity contribution in [3.8, 4) is 0 Å².